The first-order valence-electron chi connectivity index (χ1n) is 3.78. The van der Waals surface area contributed by atoms with Crippen LogP contribution < -0.4 is 4.74 Å². The van der Waals surface area contributed by atoms with Gasteiger partial charge in [0.05, 0.1) is 13.0 Å². The van der Waals surface area contributed by atoms with Crippen LogP contribution in [0.15, 0.2) is 22.8 Å². The van der Waals surface area contributed by atoms with Crippen LogP contribution in [0.3, 0.4) is 0 Å². The highest BCUT2D eigenvalue weighted by Crippen LogP contribution is 2.20. The molecule has 1 rings (SSSR count). The van der Waals surface area contributed by atoms with Gasteiger partial charge in [0.2, 0.25) is 5.88 Å². The van der Waals surface area contributed by atoms with E-state index < -0.39 is 19.2 Å². The van der Waals surface area contributed by atoms with Gasteiger partial charge in [0, 0.05) is 16.7 Å². The summed E-state index contributed by atoms with van der Waals surface area (Å²) in [5.41, 5.74) is 0. The van der Waals surface area contributed by atoms with Crippen LogP contribution in [0.5, 0.6) is 5.88 Å². The molecule has 0 unspecified atom stereocenters. The van der Waals surface area contributed by atoms with Gasteiger partial charge < -0.3 is 4.74 Å². The average Bonchev–Trinajstić information content (AvgIpc) is 2.01. The maximum Gasteiger partial charge on any atom is 0.392 e. The van der Waals surface area contributed by atoms with E-state index in [4.69, 9.17) is 4.74 Å². The summed E-state index contributed by atoms with van der Waals surface area (Å²) in [5, 5.41) is 0. The highest BCUT2D eigenvalue weighted by molar-refractivity contribution is 9.10. The summed E-state index contributed by atoms with van der Waals surface area (Å²) >= 11 is 3.15. The van der Waals surface area contributed by atoms with E-state index in [0.29, 0.717) is 0 Å². The minimum absolute atomic E-state index is 0.184. The van der Waals surface area contributed by atoms with E-state index in [1.807, 2.05) is 0 Å². The van der Waals surface area contributed by atoms with Gasteiger partial charge in [-0.2, -0.15) is 13.2 Å². The Morgan fingerprint density at radius 2 is 2.14 bits per heavy atom. The molecule has 0 N–H and O–H groups in total. The molecule has 0 saturated heterocycles. The van der Waals surface area contributed by atoms with Gasteiger partial charge in [-0.3, -0.25) is 0 Å². The zero-order valence-corrected chi connectivity index (χ0v) is 8.60. The number of aromatic nitrogens is 1. The Kier molecular flexibility index (Phi) is 3.74. The van der Waals surface area contributed by atoms with Gasteiger partial charge in [0.15, 0.2) is 0 Å². The second-order valence-corrected chi connectivity index (χ2v) is 3.44. The van der Waals surface area contributed by atoms with Crippen molar-refractivity contribution in [2.75, 3.05) is 6.61 Å². The number of alkyl halides is 3. The molecule has 0 bridgehead atoms. The molecule has 0 aliphatic rings. The smallest absolute Gasteiger partial charge is 0.392 e. The summed E-state index contributed by atoms with van der Waals surface area (Å²) in [6, 6.07) is 3.17. The quantitative estimate of drug-likeness (QED) is 0.841. The summed E-state index contributed by atoms with van der Waals surface area (Å²) in [4.78, 5) is 3.74. The second-order valence-electron chi connectivity index (χ2n) is 2.53. The van der Waals surface area contributed by atoms with E-state index in [0.717, 1.165) is 4.47 Å². The van der Waals surface area contributed by atoms with E-state index in [1.165, 1.54) is 12.3 Å². The molecule has 0 amide bonds. The first kappa shape index (κ1) is 11.3. The maximum absolute atomic E-state index is 11.7. The summed E-state index contributed by atoms with van der Waals surface area (Å²) < 4.78 is 40.7. The summed E-state index contributed by atoms with van der Waals surface area (Å²) in [6.07, 6.45) is -3.71. The summed E-state index contributed by atoms with van der Waals surface area (Å²) in [6.45, 7) is -0.410. The van der Waals surface area contributed by atoms with E-state index in [-0.39, 0.29) is 5.88 Å². The van der Waals surface area contributed by atoms with Gasteiger partial charge in [-0.15, -0.1) is 0 Å². The Morgan fingerprint density at radius 3 is 2.71 bits per heavy atom. The molecule has 0 radical (unpaired) electrons. The normalized spacial score (nSPS) is 11.4. The standard InChI is InChI=1S/C8H7BrF3NO/c9-6-1-3-13-7(5-6)14-4-2-8(10,11)12/h1,3,5H,2,4H2. The molecule has 1 aromatic heterocycles. The molecule has 0 aliphatic carbocycles. The number of halogens is 4. The van der Waals surface area contributed by atoms with Crippen molar-refractivity contribution in [2.45, 2.75) is 12.6 Å². The maximum atomic E-state index is 11.7. The topological polar surface area (TPSA) is 22.1 Å². The molecular formula is C8H7BrF3NO. The third kappa shape index (κ3) is 4.45. The fourth-order valence-electron chi connectivity index (χ4n) is 0.736. The van der Waals surface area contributed by atoms with Crippen LogP contribution in [-0.4, -0.2) is 17.8 Å². The van der Waals surface area contributed by atoms with Crippen molar-refractivity contribution in [2.24, 2.45) is 0 Å². The van der Waals surface area contributed by atoms with Crippen molar-refractivity contribution in [1.29, 1.82) is 0 Å². The number of rotatable bonds is 3. The highest BCUT2D eigenvalue weighted by Gasteiger charge is 2.26. The molecule has 78 valence electrons. The van der Waals surface area contributed by atoms with E-state index in [2.05, 4.69) is 20.9 Å². The number of hydrogen-bond acceptors (Lipinski definition) is 2. The molecule has 0 atom stereocenters. The largest absolute Gasteiger partial charge is 0.477 e. The van der Waals surface area contributed by atoms with Gasteiger partial charge >= 0.3 is 6.18 Å². The lowest BCUT2D eigenvalue weighted by atomic mass is 10.4. The molecule has 0 spiro atoms. The van der Waals surface area contributed by atoms with Gasteiger partial charge in [0.1, 0.15) is 0 Å². The summed E-state index contributed by atoms with van der Waals surface area (Å²) in [7, 11) is 0. The van der Waals surface area contributed by atoms with Crippen LogP contribution in [0.2, 0.25) is 0 Å². The Morgan fingerprint density at radius 1 is 1.43 bits per heavy atom. The number of ether oxygens (including phenoxy) is 1. The monoisotopic (exact) mass is 269 g/mol. The molecule has 0 saturated carbocycles. The highest BCUT2D eigenvalue weighted by atomic mass is 79.9. The van der Waals surface area contributed by atoms with Crippen molar-refractivity contribution < 1.29 is 17.9 Å². The van der Waals surface area contributed by atoms with Crippen molar-refractivity contribution in [3.8, 4) is 5.88 Å². The predicted molar refractivity (Wildman–Crippen MR) is 48.1 cm³/mol. The molecule has 0 aromatic carbocycles. The zero-order chi connectivity index (χ0) is 10.6. The van der Waals surface area contributed by atoms with Crippen molar-refractivity contribution in [3.63, 3.8) is 0 Å². The van der Waals surface area contributed by atoms with Crippen molar-refractivity contribution in [1.82, 2.24) is 4.98 Å². The second kappa shape index (κ2) is 4.63. The minimum atomic E-state index is -4.19. The van der Waals surface area contributed by atoms with Crippen molar-refractivity contribution in [3.05, 3.63) is 22.8 Å². The Bertz CT molecular complexity index is 303. The third-order valence-corrected chi connectivity index (χ3v) is 1.83. The van der Waals surface area contributed by atoms with Gasteiger partial charge in [-0.1, -0.05) is 15.9 Å². The SMILES string of the molecule is FC(F)(F)CCOc1cc(Br)ccn1. The lowest BCUT2D eigenvalue weighted by Crippen LogP contribution is -2.13. The first-order valence-corrected chi connectivity index (χ1v) is 4.58. The van der Waals surface area contributed by atoms with Crippen molar-refractivity contribution >= 4 is 15.9 Å². The lowest BCUT2D eigenvalue weighted by molar-refractivity contribution is -0.139. The Labute approximate surface area is 87.2 Å². The number of pyridine rings is 1. The first-order chi connectivity index (χ1) is 6.47. The van der Waals surface area contributed by atoms with Gasteiger partial charge in [-0.25, -0.2) is 4.98 Å². The van der Waals surface area contributed by atoms with Gasteiger partial charge in [-0.05, 0) is 6.07 Å². The van der Waals surface area contributed by atoms with Crippen LogP contribution in [0.1, 0.15) is 6.42 Å². The molecular weight excluding hydrogens is 263 g/mol. The van der Waals surface area contributed by atoms with Crippen LogP contribution in [-0.2, 0) is 0 Å². The molecule has 6 heteroatoms. The minimum Gasteiger partial charge on any atom is -0.477 e. The van der Waals surface area contributed by atoms with Crippen LogP contribution in [0.4, 0.5) is 13.2 Å². The predicted octanol–water partition coefficient (Wildman–Crippen LogP) is 3.18. The Hall–Kier alpha value is -0.780. The molecule has 0 aliphatic heterocycles. The van der Waals surface area contributed by atoms with E-state index in [1.54, 1.807) is 6.07 Å². The molecule has 14 heavy (non-hydrogen) atoms. The van der Waals surface area contributed by atoms with E-state index in [9.17, 15) is 13.2 Å². The summed E-state index contributed by atoms with van der Waals surface area (Å²) in [5.74, 6) is 0.184. The molecule has 0 fully saturated rings. The number of hydrogen-bond donors (Lipinski definition) is 0. The fourth-order valence-corrected chi connectivity index (χ4v) is 1.05. The number of nitrogens with zero attached hydrogens (tertiary/aromatic N) is 1. The van der Waals surface area contributed by atoms with E-state index >= 15 is 0 Å². The third-order valence-electron chi connectivity index (χ3n) is 1.33. The fraction of sp³-hybridized carbons (Fsp3) is 0.375. The zero-order valence-electron chi connectivity index (χ0n) is 7.01. The average molecular weight is 270 g/mol. The molecule has 2 nitrogen and oxygen atoms in total. The molecule has 1 aromatic rings. The van der Waals surface area contributed by atoms with Crippen LogP contribution in [0, 0.1) is 0 Å². The van der Waals surface area contributed by atoms with Crippen LogP contribution >= 0.6 is 15.9 Å². The van der Waals surface area contributed by atoms with Crippen LogP contribution in [0.25, 0.3) is 0 Å². The molecule has 1 heterocycles. The lowest BCUT2D eigenvalue weighted by Gasteiger charge is -2.07. The van der Waals surface area contributed by atoms with Gasteiger partial charge in [0.25, 0.3) is 0 Å². The Balaban J connectivity index is 2.39.